The molecule has 2 heteroatoms. The van der Waals surface area contributed by atoms with E-state index >= 15 is 0 Å². The summed E-state index contributed by atoms with van der Waals surface area (Å²) in [5, 5.41) is 0. The molecule has 2 heterocycles. The number of hydrogen-bond donors (Lipinski definition) is 1. The molecule has 0 amide bonds. The predicted molar refractivity (Wildman–Crippen MR) is 65.9 cm³/mol. The fourth-order valence-electron chi connectivity index (χ4n) is 1.74. The van der Waals surface area contributed by atoms with Crippen molar-refractivity contribution in [1.82, 2.24) is 4.98 Å². The first-order valence-corrected chi connectivity index (χ1v) is 5.21. The average Bonchev–Trinajstić information content (AvgIpc) is 2.90. The Morgan fingerprint density at radius 3 is 2.75 bits per heavy atom. The molecule has 78 valence electrons. The molecule has 2 nitrogen and oxygen atoms in total. The Bertz CT molecular complexity index is 616. The second-order valence-electron chi connectivity index (χ2n) is 3.65. The van der Waals surface area contributed by atoms with Crippen LogP contribution in [0.15, 0.2) is 53.3 Å². The first kappa shape index (κ1) is 9.04. The normalized spacial score (nSPS) is 11.5. The first-order valence-electron chi connectivity index (χ1n) is 5.21. The lowest BCUT2D eigenvalue weighted by atomic mass is 10.2. The molecule has 0 atom stereocenters. The fourth-order valence-corrected chi connectivity index (χ4v) is 1.74. The molecule has 0 saturated heterocycles. The highest BCUT2D eigenvalue weighted by atomic mass is 16.3. The summed E-state index contributed by atoms with van der Waals surface area (Å²) in [6, 6.07) is 12.1. The molecule has 0 saturated carbocycles. The number of H-pyrrole nitrogens is 1. The SMILES string of the molecule is C(=Cc1coc2cc[nH]c12)c1ccccc1. The number of benzene rings is 1. The van der Waals surface area contributed by atoms with E-state index in [4.69, 9.17) is 4.42 Å². The standard InChI is InChI=1S/C14H11NO/c1-2-4-11(5-3-1)6-7-12-10-16-13-8-9-15-14(12)13/h1-10,15H. The van der Waals surface area contributed by atoms with Crippen molar-refractivity contribution >= 4 is 23.3 Å². The van der Waals surface area contributed by atoms with Gasteiger partial charge in [0.25, 0.3) is 0 Å². The van der Waals surface area contributed by atoms with Gasteiger partial charge < -0.3 is 9.40 Å². The van der Waals surface area contributed by atoms with Crippen LogP contribution in [0, 0.1) is 0 Å². The van der Waals surface area contributed by atoms with Crippen LogP contribution in [0.3, 0.4) is 0 Å². The zero-order chi connectivity index (χ0) is 10.8. The molecule has 0 unspecified atom stereocenters. The molecule has 0 bridgehead atoms. The van der Waals surface area contributed by atoms with Crippen LogP contribution in [0.25, 0.3) is 23.3 Å². The number of rotatable bonds is 2. The van der Waals surface area contributed by atoms with Gasteiger partial charge in [0.2, 0.25) is 0 Å². The van der Waals surface area contributed by atoms with E-state index in [2.05, 4.69) is 29.3 Å². The summed E-state index contributed by atoms with van der Waals surface area (Å²) < 4.78 is 5.39. The zero-order valence-electron chi connectivity index (χ0n) is 8.68. The highest BCUT2D eigenvalue weighted by Gasteiger charge is 2.02. The van der Waals surface area contributed by atoms with Crippen LogP contribution in [-0.2, 0) is 0 Å². The van der Waals surface area contributed by atoms with Crippen molar-refractivity contribution in [2.24, 2.45) is 0 Å². The summed E-state index contributed by atoms with van der Waals surface area (Å²) in [7, 11) is 0. The third-order valence-corrected chi connectivity index (χ3v) is 2.57. The van der Waals surface area contributed by atoms with Gasteiger partial charge in [-0.05, 0) is 17.7 Å². The van der Waals surface area contributed by atoms with E-state index in [1.165, 1.54) is 5.56 Å². The van der Waals surface area contributed by atoms with Gasteiger partial charge in [-0.2, -0.15) is 0 Å². The maximum absolute atomic E-state index is 5.39. The second-order valence-corrected chi connectivity index (χ2v) is 3.65. The van der Waals surface area contributed by atoms with Crippen LogP contribution >= 0.6 is 0 Å². The van der Waals surface area contributed by atoms with Crippen molar-refractivity contribution in [3.63, 3.8) is 0 Å². The monoisotopic (exact) mass is 209 g/mol. The molecule has 16 heavy (non-hydrogen) atoms. The molecule has 1 N–H and O–H groups in total. The maximum atomic E-state index is 5.39. The molecular weight excluding hydrogens is 198 g/mol. The van der Waals surface area contributed by atoms with Gasteiger partial charge >= 0.3 is 0 Å². The summed E-state index contributed by atoms with van der Waals surface area (Å²) in [5.74, 6) is 0. The lowest BCUT2D eigenvalue weighted by Crippen LogP contribution is -1.70. The highest BCUT2D eigenvalue weighted by Crippen LogP contribution is 2.21. The topological polar surface area (TPSA) is 28.9 Å². The predicted octanol–water partition coefficient (Wildman–Crippen LogP) is 3.93. The van der Waals surface area contributed by atoms with E-state index < -0.39 is 0 Å². The molecule has 3 rings (SSSR count). The Hall–Kier alpha value is -2.22. The lowest BCUT2D eigenvalue weighted by Gasteiger charge is -1.90. The number of aromatic amines is 1. The summed E-state index contributed by atoms with van der Waals surface area (Å²) in [6.07, 6.45) is 7.78. The fraction of sp³-hybridized carbons (Fsp3) is 0. The molecule has 1 aromatic carbocycles. The Labute approximate surface area is 93.2 Å². The van der Waals surface area contributed by atoms with E-state index in [0.717, 1.165) is 16.7 Å². The summed E-state index contributed by atoms with van der Waals surface area (Å²) >= 11 is 0. The Balaban J connectivity index is 1.96. The quantitative estimate of drug-likeness (QED) is 0.680. The summed E-state index contributed by atoms with van der Waals surface area (Å²) in [4.78, 5) is 3.16. The van der Waals surface area contributed by atoms with Crippen molar-refractivity contribution in [3.8, 4) is 0 Å². The molecule has 0 aliphatic carbocycles. The third-order valence-electron chi connectivity index (χ3n) is 2.57. The van der Waals surface area contributed by atoms with Gasteiger partial charge in [-0.15, -0.1) is 0 Å². The number of nitrogens with one attached hydrogen (secondary N) is 1. The van der Waals surface area contributed by atoms with Crippen LogP contribution in [0.1, 0.15) is 11.1 Å². The van der Waals surface area contributed by atoms with Crippen LogP contribution in [0.2, 0.25) is 0 Å². The molecule has 3 aromatic rings. The largest absolute Gasteiger partial charge is 0.462 e. The van der Waals surface area contributed by atoms with Crippen molar-refractivity contribution in [2.45, 2.75) is 0 Å². The van der Waals surface area contributed by atoms with Gasteiger partial charge in [0, 0.05) is 11.8 Å². The first-order chi connectivity index (χ1) is 7.93. The van der Waals surface area contributed by atoms with E-state index in [0.29, 0.717) is 0 Å². The van der Waals surface area contributed by atoms with Crippen LogP contribution in [-0.4, -0.2) is 4.98 Å². The van der Waals surface area contributed by atoms with Crippen LogP contribution in [0.5, 0.6) is 0 Å². The molecule has 0 aliphatic rings. The number of fused-ring (bicyclic) bond motifs is 1. The van der Waals surface area contributed by atoms with Gasteiger partial charge in [0.1, 0.15) is 6.26 Å². The van der Waals surface area contributed by atoms with Crippen molar-refractivity contribution < 1.29 is 4.42 Å². The molecular formula is C14H11NO. The number of hydrogen-bond acceptors (Lipinski definition) is 1. The van der Waals surface area contributed by atoms with Crippen molar-refractivity contribution in [3.05, 3.63) is 60.0 Å². The van der Waals surface area contributed by atoms with Gasteiger partial charge in [-0.25, -0.2) is 0 Å². The molecule has 0 radical (unpaired) electrons. The number of furan rings is 1. The van der Waals surface area contributed by atoms with Gasteiger partial charge in [0.15, 0.2) is 5.58 Å². The van der Waals surface area contributed by atoms with E-state index in [9.17, 15) is 0 Å². The second kappa shape index (κ2) is 3.74. The average molecular weight is 209 g/mol. The van der Waals surface area contributed by atoms with Gasteiger partial charge in [0.05, 0.1) is 5.52 Å². The van der Waals surface area contributed by atoms with Crippen LogP contribution in [0.4, 0.5) is 0 Å². The zero-order valence-corrected chi connectivity index (χ0v) is 8.68. The minimum atomic E-state index is 0.896. The summed E-state index contributed by atoms with van der Waals surface area (Å²) in [5.41, 5.74) is 4.20. The van der Waals surface area contributed by atoms with E-state index in [1.807, 2.05) is 30.5 Å². The minimum Gasteiger partial charge on any atom is -0.462 e. The molecule has 0 fully saturated rings. The van der Waals surface area contributed by atoms with Gasteiger partial charge in [-0.1, -0.05) is 36.4 Å². The summed E-state index contributed by atoms with van der Waals surface area (Å²) in [6.45, 7) is 0. The Kier molecular flexibility index (Phi) is 2.11. The molecule has 2 aromatic heterocycles. The van der Waals surface area contributed by atoms with Crippen LogP contribution < -0.4 is 0 Å². The van der Waals surface area contributed by atoms with Crippen molar-refractivity contribution in [1.29, 1.82) is 0 Å². The van der Waals surface area contributed by atoms with Gasteiger partial charge in [-0.3, -0.25) is 0 Å². The molecule has 0 spiro atoms. The maximum Gasteiger partial charge on any atom is 0.152 e. The molecule has 0 aliphatic heterocycles. The van der Waals surface area contributed by atoms with E-state index in [1.54, 1.807) is 6.26 Å². The third kappa shape index (κ3) is 1.54. The highest BCUT2D eigenvalue weighted by molar-refractivity contribution is 5.87. The van der Waals surface area contributed by atoms with Crippen molar-refractivity contribution in [2.75, 3.05) is 0 Å². The number of aromatic nitrogens is 1. The minimum absolute atomic E-state index is 0.896. The smallest absolute Gasteiger partial charge is 0.152 e. The Morgan fingerprint density at radius 1 is 1.00 bits per heavy atom. The Morgan fingerprint density at radius 2 is 1.88 bits per heavy atom. The van der Waals surface area contributed by atoms with E-state index in [-0.39, 0.29) is 0 Å². The lowest BCUT2D eigenvalue weighted by molar-refractivity contribution is 0.615.